The van der Waals surface area contributed by atoms with Crippen LogP contribution in [0.15, 0.2) is 194 Å². The molecule has 0 saturated carbocycles. The Balaban J connectivity index is 1.02. The Morgan fingerprint density at radius 1 is 0.316 bits per heavy atom. The van der Waals surface area contributed by atoms with E-state index in [1.54, 1.807) is 0 Å². The van der Waals surface area contributed by atoms with Crippen LogP contribution in [0.25, 0.3) is 99.6 Å². The number of rotatable bonds is 5. The predicted octanol–water partition coefficient (Wildman–Crippen LogP) is 14.6. The van der Waals surface area contributed by atoms with Gasteiger partial charge in [0.25, 0.3) is 0 Å². The first-order valence-corrected chi connectivity index (χ1v) is 19.7. The predicted molar refractivity (Wildman–Crippen MR) is 239 cm³/mol. The van der Waals surface area contributed by atoms with Crippen molar-refractivity contribution < 1.29 is 0 Å². The zero-order valence-corrected chi connectivity index (χ0v) is 31.9. The van der Waals surface area contributed by atoms with Crippen molar-refractivity contribution in [3.63, 3.8) is 0 Å². The Bertz CT molecular complexity index is 3210. The van der Waals surface area contributed by atoms with E-state index in [1.165, 1.54) is 71.4 Å². The van der Waals surface area contributed by atoms with Crippen LogP contribution < -0.4 is 0 Å². The summed E-state index contributed by atoms with van der Waals surface area (Å²) in [6.45, 7) is 4.71. The van der Waals surface area contributed by atoms with E-state index < -0.39 is 0 Å². The second kappa shape index (κ2) is 13.0. The monoisotopic (exact) mass is 726 g/mol. The summed E-state index contributed by atoms with van der Waals surface area (Å²) in [6.07, 6.45) is 0. The van der Waals surface area contributed by atoms with E-state index in [9.17, 15) is 0 Å². The fourth-order valence-electron chi connectivity index (χ4n) is 9.06. The molecular formula is C55H38N2. The lowest BCUT2D eigenvalue weighted by molar-refractivity contribution is 0.661. The van der Waals surface area contributed by atoms with E-state index in [0.29, 0.717) is 5.82 Å². The van der Waals surface area contributed by atoms with Crippen molar-refractivity contribution in [2.75, 3.05) is 0 Å². The first-order valence-electron chi connectivity index (χ1n) is 19.7. The van der Waals surface area contributed by atoms with Crippen LogP contribution >= 0.6 is 0 Å². The van der Waals surface area contributed by atoms with E-state index in [2.05, 4.69) is 190 Å². The van der Waals surface area contributed by atoms with Crippen molar-refractivity contribution in [3.05, 3.63) is 205 Å². The minimum atomic E-state index is -0.0580. The van der Waals surface area contributed by atoms with Crippen molar-refractivity contribution >= 4 is 32.3 Å². The third-order valence-electron chi connectivity index (χ3n) is 12.1. The van der Waals surface area contributed by atoms with Crippen molar-refractivity contribution in [1.29, 1.82) is 0 Å². The third-order valence-corrected chi connectivity index (χ3v) is 12.1. The van der Waals surface area contributed by atoms with Crippen molar-refractivity contribution in [3.8, 4) is 67.3 Å². The maximum atomic E-state index is 5.23. The molecule has 1 aromatic heterocycles. The first-order chi connectivity index (χ1) is 28.0. The summed E-state index contributed by atoms with van der Waals surface area (Å²) >= 11 is 0. The van der Waals surface area contributed by atoms with Crippen LogP contribution in [0.1, 0.15) is 25.0 Å². The van der Waals surface area contributed by atoms with Crippen LogP contribution in [-0.4, -0.2) is 9.97 Å². The lowest BCUT2D eigenvalue weighted by Gasteiger charge is -2.22. The van der Waals surface area contributed by atoms with E-state index in [0.717, 1.165) is 33.5 Å². The molecule has 57 heavy (non-hydrogen) atoms. The van der Waals surface area contributed by atoms with Crippen molar-refractivity contribution in [2.24, 2.45) is 0 Å². The SMILES string of the molecule is CC1(C)c2ccc(-c3cccc(-c4ccc(-c5cc(-c6ccc7ccccc7c6)nc(-c6ccccc6)n5)c5ccccc45)c3)cc2-c2cc3ccccc3cc21. The molecular weight excluding hydrogens is 689 g/mol. The summed E-state index contributed by atoms with van der Waals surface area (Å²) in [5.41, 5.74) is 15.2. The molecule has 0 amide bonds. The highest BCUT2D eigenvalue weighted by Crippen LogP contribution is 2.51. The molecule has 10 aromatic rings. The highest BCUT2D eigenvalue weighted by Gasteiger charge is 2.35. The molecule has 0 aliphatic heterocycles. The summed E-state index contributed by atoms with van der Waals surface area (Å²) in [6, 6.07) is 70.3. The molecule has 0 saturated heterocycles. The minimum Gasteiger partial charge on any atom is -0.228 e. The van der Waals surface area contributed by atoms with Crippen LogP contribution in [0.3, 0.4) is 0 Å². The van der Waals surface area contributed by atoms with Crippen LogP contribution in [0.2, 0.25) is 0 Å². The molecule has 0 N–H and O–H groups in total. The molecule has 1 heterocycles. The van der Waals surface area contributed by atoms with Gasteiger partial charge in [-0.25, -0.2) is 9.97 Å². The topological polar surface area (TPSA) is 25.8 Å². The van der Waals surface area contributed by atoms with Gasteiger partial charge in [-0.1, -0.05) is 172 Å². The highest BCUT2D eigenvalue weighted by molar-refractivity contribution is 6.05. The number of benzene rings is 9. The number of nitrogens with zero attached hydrogens (tertiary/aromatic N) is 2. The van der Waals surface area contributed by atoms with Gasteiger partial charge in [0.1, 0.15) is 0 Å². The van der Waals surface area contributed by atoms with Gasteiger partial charge >= 0.3 is 0 Å². The molecule has 2 nitrogen and oxygen atoms in total. The molecule has 1 aliphatic carbocycles. The lowest BCUT2D eigenvalue weighted by Crippen LogP contribution is -2.14. The lowest BCUT2D eigenvalue weighted by atomic mass is 9.81. The van der Waals surface area contributed by atoms with E-state index in [-0.39, 0.29) is 5.41 Å². The van der Waals surface area contributed by atoms with Gasteiger partial charge in [-0.2, -0.15) is 0 Å². The third kappa shape index (κ3) is 5.56. The molecule has 0 spiro atoms. The Morgan fingerprint density at radius 3 is 1.70 bits per heavy atom. The van der Waals surface area contributed by atoms with Crippen molar-refractivity contribution in [1.82, 2.24) is 9.97 Å². The summed E-state index contributed by atoms with van der Waals surface area (Å²) in [4.78, 5) is 10.4. The maximum Gasteiger partial charge on any atom is 0.160 e. The standard InChI is InChI=1S/C55H38N2/c1-55(2)50-28-25-41(32-48(50)49-31-39-17-8-9-18-40(39)33-51(49)55)38-19-12-20-42(29-38)44-26-27-47(46-22-11-10-21-45(44)46)53-34-52(56-54(57-53)36-14-4-3-5-15-36)43-24-23-35-13-6-7-16-37(35)30-43/h3-34H,1-2H3. The highest BCUT2D eigenvalue weighted by atomic mass is 14.9. The zero-order chi connectivity index (χ0) is 38.1. The summed E-state index contributed by atoms with van der Waals surface area (Å²) < 4.78 is 0. The average molecular weight is 727 g/mol. The normalized spacial score (nSPS) is 12.9. The van der Waals surface area contributed by atoms with Gasteiger partial charge in [0, 0.05) is 22.1 Å². The molecule has 0 radical (unpaired) electrons. The molecule has 0 fully saturated rings. The van der Waals surface area contributed by atoms with Gasteiger partial charge in [0.2, 0.25) is 0 Å². The Labute approximate surface area is 332 Å². The quantitative estimate of drug-likeness (QED) is 0.176. The first kappa shape index (κ1) is 33.2. The van der Waals surface area contributed by atoms with E-state index in [1.807, 2.05) is 18.2 Å². The number of aromatic nitrogens is 2. The van der Waals surface area contributed by atoms with Gasteiger partial charge < -0.3 is 0 Å². The number of hydrogen-bond donors (Lipinski definition) is 0. The fraction of sp³-hybridized carbons (Fsp3) is 0.0545. The number of fused-ring (bicyclic) bond motifs is 6. The maximum absolute atomic E-state index is 5.23. The van der Waals surface area contributed by atoms with Gasteiger partial charge in [0.15, 0.2) is 5.82 Å². The molecule has 0 unspecified atom stereocenters. The van der Waals surface area contributed by atoms with Crippen LogP contribution in [-0.2, 0) is 5.41 Å². The Kier molecular flexibility index (Phi) is 7.55. The minimum absolute atomic E-state index is 0.0580. The summed E-state index contributed by atoms with van der Waals surface area (Å²) in [7, 11) is 0. The van der Waals surface area contributed by atoms with Gasteiger partial charge in [-0.3, -0.25) is 0 Å². The van der Waals surface area contributed by atoms with Gasteiger partial charge in [-0.05, 0) is 113 Å². The van der Waals surface area contributed by atoms with Crippen molar-refractivity contribution in [2.45, 2.75) is 19.3 Å². The van der Waals surface area contributed by atoms with E-state index in [4.69, 9.17) is 9.97 Å². The van der Waals surface area contributed by atoms with Crippen LogP contribution in [0, 0.1) is 0 Å². The van der Waals surface area contributed by atoms with Gasteiger partial charge in [-0.15, -0.1) is 0 Å². The Hall–Kier alpha value is -7.16. The second-order valence-corrected chi connectivity index (χ2v) is 15.8. The largest absolute Gasteiger partial charge is 0.228 e. The fourth-order valence-corrected chi connectivity index (χ4v) is 9.06. The molecule has 11 rings (SSSR count). The number of hydrogen-bond acceptors (Lipinski definition) is 2. The smallest absolute Gasteiger partial charge is 0.160 e. The molecule has 9 aromatic carbocycles. The molecule has 0 atom stereocenters. The van der Waals surface area contributed by atoms with Crippen LogP contribution in [0.5, 0.6) is 0 Å². The van der Waals surface area contributed by atoms with E-state index >= 15 is 0 Å². The molecule has 0 bridgehead atoms. The summed E-state index contributed by atoms with van der Waals surface area (Å²) in [5, 5.41) is 7.33. The molecule has 268 valence electrons. The summed E-state index contributed by atoms with van der Waals surface area (Å²) in [5.74, 6) is 0.714. The second-order valence-electron chi connectivity index (χ2n) is 15.8. The Morgan fingerprint density at radius 2 is 0.895 bits per heavy atom. The molecule has 2 heteroatoms. The molecule has 1 aliphatic rings. The van der Waals surface area contributed by atoms with Crippen LogP contribution in [0.4, 0.5) is 0 Å². The average Bonchev–Trinajstić information content (AvgIpc) is 3.49. The zero-order valence-electron chi connectivity index (χ0n) is 31.9. The van der Waals surface area contributed by atoms with Gasteiger partial charge in [0.05, 0.1) is 11.4 Å².